The third kappa shape index (κ3) is 8.45. The summed E-state index contributed by atoms with van der Waals surface area (Å²) in [6.45, 7) is 11.3. The molecule has 0 unspecified atom stereocenters. The molecule has 4 saturated carbocycles. The summed E-state index contributed by atoms with van der Waals surface area (Å²) in [7, 11) is 0. The van der Waals surface area contributed by atoms with Crippen molar-refractivity contribution in [3.8, 4) is 0 Å². The molecule has 5 fully saturated rings. The molecule has 366 valence electrons. The summed E-state index contributed by atoms with van der Waals surface area (Å²) in [4.78, 5) is 84.0. The fourth-order valence-electron chi connectivity index (χ4n) is 12.2. The highest BCUT2D eigenvalue weighted by Gasteiger charge is 2.80. The number of ketones is 2. The van der Waals surface area contributed by atoms with E-state index in [2.05, 4.69) is 15.6 Å². The molecule has 16 heteroatoms. The third-order valence-corrected chi connectivity index (χ3v) is 15.6. The largest absolute Gasteiger partial charge is 0.461 e. The van der Waals surface area contributed by atoms with Crippen molar-refractivity contribution in [1.29, 1.82) is 0 Å². The average molecular weight is 950 g/mol. The number of amides is 2. The highest BCUT2D eigenvalue weighted by molar-refractivity contribution is 6.01. The predicted octanol–water partition coefficient (Wildman–Crippen LogP) is 7.14. The number of alkyl carbamates (subject to hydrolysis) is 1. The summed E-state index contributed by atoms with van der Waals surface area (Å²) in [5.74, 6) is -7.27. The monoisotopic (exact) mass is 949 g/mol. The number of fused-ring (bicyclic) bond motifs is 8. The summed E-state index contributed by atoms with van der Waals surface area (Å²) in [5, 5.41) is 19.3. The fraction of sp³-hybridized carbons (Fsp3) is 0.528. The lowest BCUT2D eigenvalue weighted by Crippen LogP contribution is -2.70. The van der Waals surface area contributed by atoms with Crippen LogP contribution in [0.2, 0.25) is 0 Å². The van der Waals surface area contributed by atoms with Crippen molar-refractivity contribution < 1.29 is 61.9 Å². The lowest BCUT2D eigenvalue weighted by molar-refractivity contribution is -0.246. The van der Waals surface area contributed by atoms with Gasteiger partial charge in [0.05, 0.1) is 30.0 Å². The molecule has 2 aromatic carbocycles. The van der Waals surface area contributed by atoms with Crippen LogP contribution < -0.4 is 10.6 Å². The number of esters is 2. The van der Waals surface area contributed by atoms with Gasteiger partial charge in [-0.15, -0.1) is 0 Å². The molecule has 6 aliphatic rings. The van der Waals surface area contributed by atoms with Gasteiger partial charge in [-0.1, -0.05) is 48.9 Å². The van der Waals surface area contributed by atoms with Gasteiger partial charge >= 0.3 is 18.0 Å². The fourth-order valence-corrected chi connectivity index (χ4v) is 12.2. The number of nitrogens with zero attached hydrogens (tertiary/aromatic N) is 1. The minimum atomic E-state index is -2.12. The molecule has 11 atom stereocenters. The van der Waals surface area contributed by atoms with E-state index in [0.717, 1.165) is 10.8 Å². The van der Waals surface area contributed by atoms with Crippen LogP contribution in [-0.2, 0) is 54.3 Å². The van der Waals surface area contributed by atoms with Crippen molar-refractivity contribution in [2.45, 2.75) is 128 Å². The SMILES string of the molecule is CC(C)(C)OC(=O)NC[C@@H](C(=O)Nc1ccc2cnccc2c1)c1ccc(COC(=O)[C@@H]2C[C@H]2C(=O)OCC(=O)[C@@]23OC(C)(C)O[C@@H]2C[C@H]2[C@@H]4CCC5=CC(=O)C=C[C@]5(C)[C@@]4(F)[C@@H](O)C[C@@]23C)cc1. The minimum Gasteiger partial charge on any atom is -0.461 e. The Morgan fingerprint density at radius 2 is 1.67 bits per heavy atom. The second kappa shape index (κ2) is 17.2. The van der Waals surface area contributed by atoms with Crippen molar-refractivity contribution in [2.24, 2.45) is 34.5 Å². The van der Waals surface area contributed by atoms with Crippen LogP contribution in [0.3, 0.4) is 0 Å². The van der Waals surface area contributed by atoms with Gasteiger partial charge in [0.25, 0.3) is 0 Å². The smallest absolute Gasteiger partial charge is 0.407 e. The molecule has 5 aliphatic carbocycles. The summed E-state index contributed by atoms with van der Waals surface area (Å²) >= 11 is 0. The number of nitrogens with one attached hydrogen (secondary N) is 2. The van der Waals surface area contributed by atoms with E-state index < -0.39 is 106 Å². The van der Waals surface area contributed by atoms with E-state index in [0.29, 0.717) is 35.2 Å². The first-order valence-electron chi connectivity index (χ1n) is 23.7. The standard InChI is InChI=1S/C53H60FN3O12/c1-48(2,3)68-47(64)56-26-38(44(61)57-34-14-12-32-25-55-19-17-31(32)20-34)30-10-8-29(9-11-30)27-65-45(62)36-22-37(36)46(63)66-28-42(60)53-43(67-49(4,5)69-53)23-40-39-15-13-33-21-35(58)16-18-50(33,6)52(39,54)41(59)24-51(40,53)7/h8-12,14,16-21,25,36-41,43,59H,13,15,22-24,26-28H2,1-7H3,(H,56,64)(H,57,61)/t36-,37-,38-,39+,40+,41+,43-,50+,51+,52+,53-/m1/s1. The molecule has 2 heterocycles. The Morgan fingerprint density at radius 3 is 2.39 bits per heavy atom. The molecule has 9 rings (SSSR count). The van der Waals surface area contributed by atoms with E-state index in [1.807, 2.05) is 25.1 Å². The van der Waals surface area contributed by atoms with Crippen molar-refractivity contribution >= 4 is 52.0 Å². The van der Waals surface area contributed by atoms with E-state index in [9.17, 15) is 33.9 Å². The molecule has 0 bridgehead atoms. The Morgan fingerprint density at radius 1 is 0.942 bits per heavy atom. The lowest BCUT2D eigenvalue weighted by atomic mass is 9.44. The lowest BCUT2D eigenvalue weighted by Gasteiger charge is -2.62. The number of Topliss-reactive ketones (excluding diaryl/α,β-unsaturated/α-hetero) is 1. The topological polar surface area (TPSA) is 206 Å². The molecule has 1 aliphatic heterocycles. The number of rotatable bonds is 12. The average Bonchev–Trinajstić information content (AvgIpc) is 3.99. The molecular weight excluding hydrogens is 890 g/mol. The first kappa shape index (κ1) is 48.2. The maximum atomic E-state index is 17.8. The van der Waals surface area contributed by atoms with Crippen molar-refractivity contribution in [2.75, 3.05) is 18.5 Å². The first-order chi connectivity index (χ1) is 32.5. The number of hydrogen-bond acceptors (Lipinski definition) is 13. The molecule has 0 spiro atoms. The van der Waals surface area contributed by atoms with Crippen LogP contribution in [0.5, 0.6) is 0 Å². The number of carbonyl (C=O) groups is 6. The van der Waals surface area contributed by atoms with Crippen molar-refractivity contribution in [3.63, 3.8) is 0 Å². The number of carbonyl (C=O) groups excluding carboxylic acids is 6. The number of anilines is 1. The van der Waals surface area contributed by atoms with Gasteiger partial charge in [-0.25, -0.2) is 9.18 Å². The predicted molar refractivity (Wildman–Crippen MR) is 248 cm³/mol. The Kier molecular flexibility index (Phi) is 12.0. The second-order valence-corrected chi connectivity index (χ2v) is 21.5. The summed E-state index contributed by atoms with van der Waals surface area (Å²) in [6.07, 6.45) is 5.95. The van der Waals surface area contributed by atoms with Gasteiger partial charge in [0.15, 0.2) is 29.4 Å². The summed E-state index contributed by atoms with van der Waals surface area (Å²) in [5.41, 5.74) is -4.44. The number of aliphatic hydroxyl groups excluding tert-OH is 1. The maximum Gasteiger partial charge on any atom is 0.407 e. The Balaban J connectivity index is 0.817. The molecule has 0 radical (unpaired) electrons. The summed E-state index contributed by atoms with van der Waals surface area (Å²) in [6, 6.07) is 14.1. The van der Waals surface area contributed by atoms with Crippen LogP contribution in [0.15, 0.2) is 84.7 Å². The zero-order valence-corrected chi connectivity index (χ0v) is 40.0. The van der Waals surface area contributed by atoms with Gasteiger partial charge in [-0.3, -0.25) is 29.0 Å². The van der Waals surface area contributed by atoms with Crippen molar-refractivity contribution in [3.05, 3.63) is 95.9 Å². The number of ether oxygens (including phenoxy) is 5. The maximum absolute atomic E-state index is 17.8. The van der Waals surface area contributed by atoms with E-state index in [-0.39, 0.29) is 44.1 Å². The van der Waals surface area contributed by atoms with Crippen LogP contribution >= 0.6 is 0 Å². The molecule has 3 aromatic rings. The van der Waals surface area contributed by atoms with E-state index in [1.54, 1.807) is 90.3 Å². The van der Waals surface area contributed by atoms with Gasteiger partial charge in [-0.05, 0) is 126 Å². The minimum absolute atomic E-state index is 0.0675. The Labute approximate surface area is 399 Å². The van der Waals surface area contributed by atoms with E-state index >= 15 is 4.39 Å². The molecule has 1 saturated heterocycles. The highest BCUT2D eigenvalue weighted by atomic mass is 19.1. The van der Waals surface area contributed by atoms with Gasteiger partial charge in [0.1, 0.15) is 12.2 Å². The number of aromatic nitrogens is 1. The Hall–Kier alpha value is -5.84. The number of alkyl halides is 1. The number of aliphatic hydroxyl groups is 1. The van der Waals surface area contributed by atoms with E-state index in [4.69, 9.17) is 23.7 Å². The van der Waals surface area contributed by atoms with E-state index in [1.165, 1.54) is 12.2 Å². The van der Waals surface area contributed by atoms with Gasteiger partial charge in [0.2, 0.25) is 11.7 Å². The van der Waals surface area contributed by atoms with Gasteiger partial charge in [-0.2, -0.15) is 0 Å². The normalized spacial score (nSPS) is 33.1. The number of hydrogen-bond donors (Lipinski definition) is 3. The molecular formula is C53H60FN3O12. The second-order valence-electron chi connectivity index (χ2n) is 21.5. The van der Waals surface area contributed by atoms with Crippen LogP contribution in [0.25, 0.3) is 10.8 Å². The number of pyridine rings is 1. The van der Waals surface area contributed by atoms with Crippen molar-refractivity contribution in [1.82, 2.24) is 10.3 Å². The zero-order valence-electron chi connectivity index (χ0n) is 40.0. The quantitative estimate of drug-likeness (QED) is 0.122. The molecule has 2 amide bonds. The summed E-state index contributed by atoms with van der Waals surface area (Å²) < 4.78 is 47.4. The number of allylic oxidation sites excluding steroid dienone is 4. The van der Waals surface area contributed by atoms with Gasteiger partial charge < -0.3 is 39.4 Å². The zero-order chi connectivity index (χ0) is 49.5. The van der Waals surface area contributed by atoms with Crippen LogP contribution in [-0.4, -0.2) is 93.6 Å². The van der Waals surface area contributed by atoms with Crippen LogP contribution in [0, 0.1) is 34.5 Å². The van der Waals surface area contributed by atoms with Crippen LogP contribution in [0.4, 0.5) is 14.9 Å². The Bertz CT molecular complexity index is 2680. The first-order valence-corrected chi connectivity index (χ1v) is 23.7. The van der Waals surface area contributed by atoms with Crippen LogP contribution in [0.1, 0.15) is 97.6 Å². The molecule has 1 aromatic heterocycles. The van der Waals surface area contributed by atoms with Gasteiger partial charge in [0, 0.05) is 46.8 Å². The molecule has 3 N–H and O–H groups in total. The number of halogens is 1. The molecule has 69 heavy (non-hydrogen) atoms. The number of benzene rings is 2. The third-order valence-electron chi connectivity index (χ3n) is 15.6. The molecule has 15 nitrogen and oxygen atoms in total. The highest BCUT2D eigenvalue weighted by Crippen LogP contribution is 2.72.